The first kappa shape index (κ1) is 48.4. The van der Waals surface area contributed by atoms with E-state index < -0.39 is 69.0 Å². The van der Waals surface area contributed by atoms with Crippen LogP contribution < -0.4 is 0 Å². The van der Waals surface area contributed by atoms with Gasteiger partial charge in [0.15, 0.2) is 4.31 Å². The van der Waals surface area contributed by atoms with Gasteiger partial charge in [0, 0.05) is 9.13 Å². The third-order valence-corrected chi connectivity index (χ3v) is 10.9. The predicted octanol–water partition coefficient (Wildman–Crippen LogP) is 8.97. The van der Waals surface area contributed by atoms with Gasteiger partial charge >= 0.3 is 16.5 Å². The summed E-state index contributed by atoms with van der Waals surface area (Å²) in [5.74, 6) is 0. The van der Waals surface area contributed by atoms with E-state index in [0.717, 1.165) is 33.4 Å². The van der Waals surface area contributed by atoms with Crippen molar-refractivity contribution < 1.29 is 43.7 Å². The van der Waals surface area contributed by atoms with Gasteiger partial charge in [0.1, 0.15) is 5.60 Å². The molecule has 2 unspecified atom stereocenters. The Labute approximate surface area is 316 Å². The van der Waals surface area contributed by atoms with Gasteiger partial charge in [-0.15, -0.1) is 9.79 Å². The minimum atomic E-state index is -2.92. The van der Waals surface area contributed by atoms with Gasteiger partial charge in [0.2, 0.25) is 0 Å². The summed E-state index contributed by atoms with van der Waals surface area (Å²) >= 11 is 0. The van der Waals surface area contributed by atoms with Crippen LogP contribution in [0, 0.1) is 5.41 Å². The highest BCUT2D eigenvalue weighted by Gasteiger charge is 2.58. The molecule has 0 aliphatic carbocycles. The Hall–Kier alpha value is -1.64. The molecule has 0 saturated heterocycles. The van der Waals surface area contributed by atoms with E-state index in [9.17, 15) is 29.6 Å². The zero-order valence-electron chi connectivity index (χ0n) is 35.2. The molecule has 0 amide bonds. The van der Waals surface area contributed by atoms with Crippen LogP contribution in [-0.4, -0.2) is 50.0 Å². The van der Waals surface area contributed by atoms with Crippen molar-refractivity contribution in [3.05, 3.63) is 68.8 Å². The normalized spacial score (nSPS) is 14.5. The summed E-state index contributed by atoms with van der Waals surface area (Å²) in [6.45, 7) is 37.2. The van der Waals surface area contributed by atoms with Crippen LogP contribution in [0.1, 0.15) is 169 Å². The van der Waals surface area contributed by atoms with Gasteiger partial charge in [-0.3, -0.25) is 0 Å². The van der Waals surface area contributed by atoms with Crippen LogP contribution in [0.5, 0.6) is 0 Å². The molecule has 0 aliphatic rings. The molecule has 296 valence electrons. The second-order valence-corrected chi connectivity index (χ2v) is 22.0. The molecular formula is C41H70O9P2+2. The van der Waals surface area contributed by atoms with E-state index in [-0.39, 0.29) is 10.8 Å². The number of rotatable bonds is 8. The third kappa shape index (κ3) is 10.8. The molecule has 9 nitrogen and oxygen atoms in total. The summed E-state index contributed by atoms with van der Waals surface area (Å²) in [7, 11) is -5.85. The molecule has 0 radical (unpaired) electrons. The molecule has 0 saturated carbocycles. The zero-order chi connectivity index (χ0) is 41.4. The first-order valence-electron chi connectivity index (χ1n) is 17.9. The van der Waals surface area contributed by atoms with Crippen LogP contribution in [-0.2, 0) is 51.5 Å². The van der Waals surface area contributed by atoms with Crippen molar-refractivity contribution in [3.8, 4) is 0 Å². The average molecular weight is 769 g/mol. The second-order valence-electron chi connectivity index (χ2n) is 20.4. The molecule has 2 aromatic carbocycles. The highest BCUT2D eigenvalue weighted by molar-refractivity contribution is 7.46. The van der Waals surface area contributed by atoms with Crippen LogP contribution in [0.15, 0.2) is 24.3 Å². The van der Waals surface area contributed by atoms with E-state index in [1.165, 1.54) is 0 Å². The maximum Gasteiger partial charge on any atom is 0.745 e. The average Bonchev–Trinajstić information content (AvgIpc) is 2.93. The first-order valence-corrected chi connectivity index (χ1v) is 20.2. The Morgan fingerprint density at radius 1 is 0.462 bits per heavy atom. The molecule has 0 bridgehead atoms. The second kappa shape index (κ2) is 16.2. The summed E-state index contributed by atoms with van der Waals surface area (Å²) in [5, 5.41) is 48.0. The summed E-state index contributed by atoms with van der Waals surface area (Å²) in [6.07, 6.45) is 0. The van der Waals surface area contributed by atoms with Crippen molar-refractivity contribution in [2.24, 2.45) is 5.41 Å². The maximum atomic E-state index is 14.1. The Morgan fingerprint density at radius 3 is 0.788 bits per heavy atom. The highest BCUT2D eigenvalue weighted by atomic mass is 31.2. The van der Waals surface area contributed by atoms with E-state index in [2.05, 4.69) is 153 Å². The molecule has 0 fully saturated rings. The summed E-state index contributed by atoms with van der Waals surface area (Å²) in [6, 6.07) is 8.85. The number of hydrogen-bond donors (Lipinski definition) is 6. The van der Waals surface area contributed by atoms with Crippen LogP contribution in [0.3, 0.4) is 0 Å². The molecular weight excluding hydrogens is 698 g/mol. The monoisotopic (exact) mass is 768 g/mol. The van der Waals surface area contributed by atoms with Gasteiger partial charge in [-0.2, -0.15) is 0 Å². The van der Waals surface area contributed by atoms with Gasteiger partial charge in [-0.25, -0.2) is 0 Å². The van der Waals surface area contributed by atoms with Gasteiger partial charge in [0.25, 0.3) is 0 Å². The third-order valence-electron chi connectivity index (χ3n) is 9.78. The largest absolute Gasteiger partial charge is 0.745 e. The number of benzene rings is 2. The Morgan fingerprint density at radius 2 is 0.673 bits per heavy atom. The van der Waals surface area contributed by atoms with Gasteiger partial charge in [-0.05, 0) is 77.0 Å². The van der Waals surface area contributed by atoms with Crippen LogP contribution in [0.25, 0.3) is 0 Å². The van der Waals surface area contributed by atoms with E-state index in [4.69, 9.17) is 9.79 Å². The minimum absolute atomic E-state index is 0.167. The van der Waals surface area contributed by atoms with Crippen molar-refractivity contribution in [2.75, 3.05) is 19.8 Å². The quantitative estimate of drug-likeness (QED) is 0.144. The molecule has 11 heteroatoms. The van der Waals surface area contributed by atoms with Crippen LogP contribution in [0.2, 0.25) is 0 Å². The molecule has 0 aromatic heterocycles. The van der Waals surface area contributed by atoms with Crippen molar-refractivity contribution in [1.82, 2.24) is 0 Å². The van der Waals surface area contributed by atoms with Crippen molar-refractivity contribution >= 4 is 16.5 Å². The molecule has 6 N–H and O–H groups in total. The molecule has 2 atom stereocenters. The Balaban J connectivity index is 0.00000174. The highest BCUT2D eigenvalue weighted by Crippen LogP contribution is 2.56. The molecule has 2 aromatic rings. The van der Waals surface area contributed by atoms with Crippen molar-refractivity contribution in [1.29, 1.82) is 0 Å². The van der Waals surface area contributed by atoms with Crippen LogP contribution >= 0.6 is 16.5 Å². The zero-order valence-corrected chi connectivity index (χ0v) is 37.0. The molecule has 2 rings (SSSR count). The molecule has 0 spiro atoms. The fourth-order valence-corrected chi connectivity index (χ4v) is 6.98. The molecule has 0 aliphatic heterocycles. The molecule has 52 heavy (non-hydrogen) atoms. The predicted molar refractivity (Wildman–Crippen MR) is 213 cm³/mol. The SMILES string of the molecule is CC(C)(C)c1cc(C(C)(C)C)c(C(O)(c2c(C(C)(C)C)cc(C(C)(C)C)cc2C(C)(C)C)C(CO)(CO)CO)c(C(C)(C)C)c1.O=[P+](O)O[P+](=O)O. The Kier molecular flexibility index (Phi) is 15.1. The summed E-state index contributed by atoms with van der Waals surface area (Å²) in [5.41, 5.74) is 1.72. The summed E-state index contributed by atoms with van der Waals surface area (Å²) < 4.78 is 22.2. The lowest BCUT2D eigenvalue weighted by Crippen LogP contribution is -2.57. The van der Waals surface area contributed by atoms with Gasteiger partial charge < -0.3 is 20.4 Å². The maximum absolute atomic E-state index is 14.1. The summed E-state index contributed by atoms with van der Waals surface area (Å²) in [4.78, 5) is 15.3. The fraction of sp³-hybridized carbons (Fsp3) is 0.707. The fourth-order valence-electron chi connectivity index (χ4n) is 6.50. The van der Waals surface area contributed by atoms with E-state index >= 15 is 0 Å². The van der Waals surface area contributed by atoms with Crippen molar-refractivity contribution in [2.45, 2.75) is 163 Å². The standard InChI is InChI=1S/C41H68O4.O5P2/c1-34(2,3)26-19-28(36(7,8)9)32(29(20-26)37(10,11)12)41(45,40(23-42,24-43)25-44)33-30(38(13,14)15)21-27(35(4,5)6)22-31(33)39(16,17)18;1-6(2)5-7(3)4/h19-22,42-45H,23-25H2,1-18H3;/p+2. The van der Waals surface area contributed by atoms with E-state index in [1.807, 2.05) is 0 Å². The molecule has 0 heterocycles. The lowest BCUT2D eigenvalue weighted by molar-refractivity contribution is -0.138. The lowest BCUT2D eigenvalue weighted by Gasteiger charge is -2.52. The first-order chi connectivity index (χ1) is 23.0. The smallest absolute Gasteiger partial charge is 0.395 e. The number of aliphatic hydroxyl groups is 4. The van der Waals surface area contributed by atoms with Crippen molar-refractivity contribution in [3.63, 3.8) is 0 Å². The van der Waals surface area contributed by atoms with Gasteiger partial charge in [0.05, 0.1) is 25.2 Å². The van der Waals surface area contributed by atoms with E-state index in [1.54, 1.807) is 0 Å². The number of aliphatic hydroxyl groups excluding tert-OH is 3. The van der Waals surface area contributed by atoms with E-state index in [0.29, 0.717) is 11.1 Å². The Bertz CT molecular complexity index is 1400. The topological polar surface area (TPSA) is 165 Å². The minimum Gasteiger partial charge on any atom is -0.395 e. The van der Waals surface area contributed by atoms with Crippen LogP contribution in [0.4, 0.5) is 0 Å². The number of hydrogen-bond acceptors (Lipinski definition) is 7. The lowest BCUT2D eigenvalue weighted by atomic mass is 9.55. The van der Waals surface area contributed by atoms with Gasteiger partial charge in [-0.1, -0.05) is 149 Å².